The summed E-state index contributed by atoms with van der Waals surface area (Å²) in [5, 5.41) is 5.66. The van der Waals surface area contributed by atoms with Crippen LogP contribution >= 0.6 is 0 Å². The number of nitrogens with one attached hydrogen (secondary N) is 2. The van der Waals surface area contributed by atoms with Crippen LogP contribution in [0.4, 0.5) is 4.79 Å². The fraction of sp³-hybridized carbons (Fsp3) is 0.800. The molecular formula is C10H18N2O3. The van der Waals surface area contributed by atoms with Crippen LogP contribution < -0.4 is 10.6 Å². The monoisotopic (exact) mass is 214 g/mol. The molecule has 1 aliphatic rings. The Morgan fingerprint density at radius 2 is 1.53 bits per heavy atom. The van der Waals surface area contributed by atoms with Crippen LogP contribution in [0.5, 0.6) is 0 Å². The molecule has 0 unspecified atom stereocenters. The lowest BCUT2D eigenvalue weighted by atomic mass is 9.91. The summed E-state index contributed by atoms with van der Waals surface area (Å²) in [4.78, 5) is 21.8. The molecule has 86 valence electrons. The van der Waals surface area contributed by atoms with E-state index in [1.807, 2.05) is 0 Å². The van der Waals surface area contributed by atoms with E-state index in [9.17, 15) is 9.59 Å². The first kappa shape index (κ1) is 11.8. The second-order valence-corrected chi connectivity index (χ2v) is 3.88. The van der Waals surface area contributed by atoms with Crippen molar-refractivity contribution in [3.05, 3.63) is 0 Å². The van der Waals surface area contributed by atoms with Gasteiger partial charge in [0.1, 0.15) is 0 Å². The van der Waals surface area contributed by atoms with E-state index >= 15 is 0 Å². The van der Waals surface area contributed by atoms with Crippen molar-refractivity contribution in [2.24, 2.45) is 0 Å². The van der Waals surface area contributed by atoms with Gasteiger partial charge in [-0.1, -0.05) is 0 Å². The van der Waals surface area contributed by atoms with E-state index in [1.165, 1.54) is 14.0 Å². The zero-order valence-corrected chi connectivity index (χ0v) is 9.21. The molecule has 0 aromatic carbocycles. The number of hydrogen-bond acceptors (Lipinski definition) is 3. The van der Waals surface area contributed by atoms with Crippen LogP contribution in [-0.4, -0.2) is 31.2 Å². The first-order valence-electron chi connectivity index (χ1n) is 5.23. The van der Waals surface area contributed by atoms with Crippen molar-refractivity contribution in [2.45, 2.75) is 44.7 Å². The van der Waals surface area contributed by atoms with Crippen LogP contribution in [0, 0.1) is 0 Å². The van der Waals surface area contributed by atoms with Gasteiger partial charge in [-0.15, -0.1) is 0 Å². The third kappa shape index (κ3) is 4.18. The Morgan fingerprint density at radius 1 is 1.07 bits per heavy atom. The molecule has 5 heteroatoms. The van der Waals surface area contributed by atoms with Crippen molar-refractivity contribution in [3.63, 3.8) is 0 Å². The van der Waals surface area contributed by atoms with Crippen LogP contribution in [0.3, 0.4) is 0 Å². The second kappa shape index (κ2) is 5.58. The van der Waals surface area contributed by atoms with E-state index in [0.717, 1.165) is 25.7 Å². The third-order valence-corrected chi connectivity index (χ3v) is 2.64. The van der Waals surface area contributed by atoms with Crippen LogP contribution in [0.2, 0.25) is 0 Å². The van der Waals surface area contributed by atoms with Gasteiger partial charge in [0.2, 0.25) is 5.91 Å². The topological polar surface area (TPSA) is 67.4 Å². The summed E-state index contributed by atoms with van der Waals surface area (Å²) in [5.74, 6) is 0.0133. The van der Waals surface area contributed by atoms with Crippen molar-refractivity contribution in [3.8, 4) is 0 Å². The Morgan fingerprint density at radius 3 is 1.93 bits per heavy atom. The van der Waals surface area contributed by atoms with Gasteiger partial charge in [0.05, 0.1) is 7.11 Å². The Bertz CT molecular complexity index is 235. The molecule has 1 rings (SSSR count). The van der Waals surface area contributed by atoms with E-state index < -0.39 is 0 Å². The fourth-order valence-electron chi connectivity index (χ4n) is 1.90. The molecule has 1 saturated carbocycles. The number of rotatable bonds is 2. The fourth-order valence-corrected chi connectivity index (χ4v) is 1.90. The molecule has 0 saturated heterocycles. The number of carbonyl (C=O) groups is 2. The number of alkyl carbamates (subject to hydrolysis) is 1. The van der Waals surface area contributed by atoms with Crippen LogP contribution in [0.25, 0.3) is 0 Å². The Balaban J connectivity index is 2.23. The number of methoxy groups -OCH3 is 1. The van der Waals surface area contributed by atoms with E-state index in [2.05, 4.69) is 15.4 Å². The highest BCUT2D eigenvalue weighted by molar-refractivity contribution is 5.73. The minimum atomic E-state index is -0.377. The smallest absolute Gasteiger partial charge is 0.407 e. The highest BCUT2D eigenvalue weighted by Gasteiger charge is 2.22. The summed E-state index contributed by atoms with van der Waals surface area (Å²) in [6.45, 7) is 1.53. The van der Waals surface area contributed by atoms with Crippen molar-refractivity contribution >= 4 is 12.0 Å². The predicted octanol–water partition coefficient (Wildman–Crippen LogP) is 0.790. The molecular weight excluding hydrogens is 196 g/mol. The average molecular weight is 214 g/mol. The number of hydrogen-bond donors (Lipinski definition) is 2. The third-order valence-electron chi connectivity index (χ3n) is 2.64. The normalized spacial score (nSPS) is 25.5. The van der Waals surface area contributed by atoms with E-state index in [1.54, 1.807) is 0 Å². The summed E-state index contributed by atoms with van der Waals surface area (Å²) in [5.41, 5.74) is 0. The summed E-state index contributed by atoms with van der Waals surface area (Å²) in [6.07, 6.45) is 3.22. The molecule has 2 amide bonds. The van der Waals surface area contributed by atoms with E-state index in [-0.39, 0.29) is 24.1 Å². The predicted molar refractivity (Wildman–Crippen MR) is 55.4 cm³/mol. The Hall–Kier alpha value is -1.26. The van der Waals surface area contributed by atoms with Gasteiger partial charge >= 0.3 is 6.09 Å². The Labute approximate surface area is 89.6 Å². The largest absolute Gasteiger partial charge is 0.453 e. The molecule has 1 aliphatic carbocycles. The molecule has 0 aliphatic heterocycles. The molecule has 0 bridgehead atoms. The van der Waals surface area contributed by atoms with Crippen LogP contribution in [-0.2, 0) is 9.53 Å². The Kier molecular flexibility index (Phi) is 4.39. The van der Waals surface area contributed by atoms with Gasteiger partial charge in [0.15, 0.2) is 0 Å². The highest BCUT2D eigenvalue weighted by atomic mass is 16.5. The van der Waals surface area contributed by atoms with Gasteiger partial charge in [0, 0.05) is 19.0 Å². The SMILES string of the molecule is COC(=O)N[C@H]1CC[C@@H](NC(C)=O)CC1. The molecule has 0 aromatic rings. The maximum atomic E-state index is 10.9. The molecule has 0 aromatic heterocycles. The number of amides is 2. The minimum Gasteiger partial charge on any atom is -0.453 e. The number of carbonyl (C=O) groups excluding carboxylic acids is 2. The molecule has 15 heavy (non-hydrogen) atoms. The van der Waals surface area contributed by atoms with E-state index in [4.69, 9.17) is 0 Å². The van der Waals surface area contributed by atoms with Crippen molar-refractivity contribution < 1.29 is 14.3 Å². The first-order chi connectivity index (χ1) is 7.11. The average Bonchev–Trinajstić information content (AvgIpc) is 2.20. The molecule has 0 atom stereocenters. The minimum absolute atomic E-state index is 0.0133. The molecule has 0 heterocycles. The van der Waals surface area contributed by atoms with Gasteiger partial charge in [-0.25, -0.2) is 4.79 Å². The summed E-state index contributed by atoms with van der Waals surface area (Å²) >= 11 is 0. The van der Waals surface area contributed by atoms with Crippen LogP contribution in [0.1, 0.15) is 32.6 Å². The maximum Gasteiger partial charge on any atom is 0.407 e. The van der Waals surface area contributed by atoms with Gasteiger partial charge < -0.3 is 15.4 Å². The number of ether oxygens (including phenoxy) is 1. The van der Waals surface area contributed by atoms with Gasteiger partial charge in [0.25, 0.3) is 0 Å². The molecule has 0 radical (unpaired) electrons. The molecule has 1 fully saturated rings. The summed E-state index contributed by atoms with van der Waals surface area (Å²) in [6, 6.07) is 0.445. The maximum absolute atomic E-state index is 10.9. The van der Waals surface area contributed by atoms with E-state index in [0.29, 0.717) is 0 Å². The summed E-state index contributed by atoms with van der Waals surface area (Å²) < 4.78 is 4.52. The molecule has 0 spiro atoms. The van der Waals surface area contributed by atoms with Gasteiger partial charge in [-0.05, 0) is 25.7 Å². The van der Waals surface area contributed by atoms with Crippen molar-refractivity contribution in [1.29, 1.82) is 0 Å². The first-order valence-corrected chi connectivity index (χ1v) is 5.23. The lowest BCUT2D eigenvalue weighted by molar-refractivity contribution is -0.119. The zero-order valence-electron chi connectivity index (χ0n) is 9.21. The standard InChI is InChI=1S/C10H18N2O3/c1-7(13)11-8-3-5-9(6-4-8)12-10(14)15-2/h8-9H,3-6H2,1-2H3,(H,11,13)(H,12,14)/t8-,9+. The quantitative estimate of drug-likeness (QED) is 0.714. The summed E-state index contributed by atoms with van der Waals surface area (Å²) in [7, 11) is 1.36. The molecule has 5 nitrogen and oxygen atoms in total. The molecule has 2 N–H and O–H groups in total. The zero-order chi connectivity index (χ0) is 11.3. The van der Waals surface area contributed by atoms with Crippen molar-refractivity contribution in [2.75, 3.05) is 7.11 Å². The second-order valence-electron chi connectivity index (χ2n) is 3.88. The highest BCUT2D eigenvalue weighted by Crippen LogP contribution is 2.18. The lowest BCUT2D eigenvalue weighted by Crippen LogP contribution is -2.43. The lowest BCUT2D eigenvalue weighted by Gasteiger charge is -2.28. The van der Waals surface area contributed by atoms with Gasteiger partial charge in [-0.3, -0.25) is 4.79 Å². The van der Waals surface area contributed by atoms with Gasteiger partial charge in [-0.2, -0.15) is 0 Å². The van der Waals surface area contributed by atoms with Crippen molar-refractivity contribution in [1.82, 2.24) is 10.6 Å². The van der Waals surface area contributed by atoms with Crippen LogP contribution in [0.15, 0.2) is 0 Å².